The first-order valence-electron chi connectivity index (χ1n) is 8.71. The van der Waals surface area contributed by atoms with E-state index in [9.17, 15) is 9.59 Å². The van der Waals surface area contributed by atoms with Crippen molar-refractivity contribution in [3.8, 4) is 0 Å². The smallest absolute Gasteiger partial charge is 0.330 e. The van der Waals surface area contributed by atoms with Crippen LogP contribution in [-0.2, 0) is 27.4 Å². The quantitative estimate of drug-likeness (QED) is 0.572. The van der Waals surface area contributed by atoms with Crippen molar-refractivity contribution in [2.75, 3.05) is 0 Å². The predicted octanol–water partition coefficient (Wildman–Crippen LogP) is 3.56. The Morgan fingerprint density at radius 3 is 1.88 bits per heavy atom. The Morgan fingerprint density at radius 1 is 0.960 bits per heavy atom. The Bertz CT molecular complexity index is 669. The minimum atomic E-state index is -0.497. The van der Waals surface area contributed by atoms with Crippen LogP contribution in [0.3, 0.4) is 0 Å². The highest BCUT2D eigenvalue weighted by Gasteiger charge is 2.34. The van der Waals surface area contributed by atoms with Gasteiger partial charge in [-0.15, -0.1) is 0 Å². The molecule has 1 unspecified atom stereocenters. The van der Waals surface area contributed by atoms with Crippen molar-refractivity contribution < 1.29 is 14.3 Å². The number of rotatable bonds is 7. The largest absolute Gasteiger partial charge is 0.392 e. The minimum Gasteiger partial charge on any atom is -0.392 e. The summed E-state index contributed by atoms with van der Waals surface area (Å²) < 4.78 is 5.07. The zero-order valence-electron chi connectivity index (χ0n) is 14.4. The molecule has 0 bridgehead atoms. The van der Waals surface area contributed by atoms with Crippen LogP contribution in [0.5, 0.6) is 0 Å². The monoisotopic (exact) mass is 337 g/mol. The summed E-state index contributed by atoms with van der Waals surface area (Å²) in [5.41, 5.74) is 2.23. The number of nitrogens with zero attached hydrogens (tertiary/aromatic N) is 1. The van der Waals surface area contributed by atoms with Gasteiger partial charge in [-0.1, -0.05) is 60.7 Å². The van der Waals surface area contributed by atoms with Crippen LogP contribution in [0.2, 0.25) is 0 Å². The van der Waals surface area contributed by atoms with E-state index in [1.54, 1.807) is 6.92 Å². The highest BCUT2D eigenvalue weighted by Crippen LogP contribution is 2.30. The lowest BCUT2D eigenvalue weighted by atomic mass is 10.1. The van der Waals surface area contributed by atoms with Crippen molar-refractivity contribution in [1.82, 2.24) is 4.90 Å². The lowest BCUT2D eigenvalue weighted by molar-refractivity contribution is -0.164. The highest BCUT2D eigenvalue weighted by atomic mass is 16.6. The third-order valence-electron chi connectivity index (χ3n) is 4.46. The molecule has 0 saturated heterocycles. The van der Waals surface area contributed by atoms with E-state index in [0.717, 1.165) is 24.0 Å². The summed E-state index contributed by atoms with van der Waals surface area (Å²) >= 11 is 0. The van der Waals surface area contributed by atoms with E-state index in [0.29, 0.717) is 13.1 Å². The van der Waals surface area contributed by atoms with Gasteiger partial charge in [0.2, 0.25) is 0 Å². The van der Waals surface area contributed by atoms with Gasteiger partial charge in [0.1, 0.15) is 6.04 Å². The zero-order chi connectivity index (χ0) is 17.6. The van der Waals surface area contributed by atoms with Crippen LogP contribution in [0.15, 0.2) is 60.7 Å². The Hall–Kier alpha value is -2.46. The summed E-state index contributed by atoms with van der Waals surface area (Å²) in [6, 6.07) is 19.5. The van der Waals surface area contributed by atoms with Gasteiger partial charge in [0, 0.05) is 13.1 Å². The highest BCUT2D eigenvalue weighted by molar-refractivity contribution is 5.90. The van der Waals surface area contributed by atoms with Crippen LogP contribution < -0.4 is 0 Å². The number of ether oxygens (including phenoxy) is 1. The van der Waals surface area contributed by atoms with Gasteiger partial charge in [0.15, 0.2) is 0 Å². The fourth-order valence-corrected chi connectivity index (χ4v) is 2.70. The molecule has 0 aliphatic heterocycles. The molecular formula is C21H23NO3. The Morgan fingerprint density at radius 2 is 1.44 bits per heavy atom. The minimum absolute atomic E-state index is 0.0761. The summed E-state index contributed by atoms with van der Waals surface area (Å²) in [5.74, 6) is -0.923. The fourth-order valence-electron chi connectivity index (χ4n) is 2.70. The summed E-state index contributed by atoms with van der Waals surface area (Å²) in [6.45, 7) is 3.03. The fraction of sp³-hybridized carbons (Fsp3) is 0.333. The van der Waals surface area contributed by atoms with Crippen molar-refractivity contribution in [3.63, 3.8) is 0 Å². The van der Waals surface area contributed by atoms with Gasteiger partial charge in [-0.3, -0.25) is 9.69 Å². The SMILES string of the molecule is CC(C(=O)OC(=O)C1CC1)N(Cc1ccccc1)Cc1ccccc1. The molecule has 1 atom stereocenters. The van der Waals surface area contributed by atoms with Gasteiger partial charge in [0.05, 0.1) is 5.92 Å². The van der Waals surface area contributed by atoms with E-state index in [1.807, 2.05) is 65.6 Å². The second-order valence-electron chi connectivity index (χ2n) is 6.57. The molecule has 4 heteroatoms. The van der Waals surface area contributed by atoms with Gasteiger partial charge < -0.3 is 4.74 Å². The molecule has 1 saturated carbocycles. The molecule has 0 amide bonds. The molecule has 4 nitrogen and oxygen atoms in total. The van der Waals surface area contributed by atoms with Crippen LogP contribution in [0.25, 0.3) is 0 Å². The van der Waals surface area contributed by atoms with Gasteiger partial charge in [-0.25, -0.2) is 4.79 Å². The Balaban J connectivity index is 1.71. The molecule has 1 aliphatic carbocycles. The summed E-state index contributed by atoms with van der Waals surface area (Å²) in [7, 11) is 0. The molecule has 1 aliphatic rings. The summed E-state index contributed by atoms with van der Waals surface area (Å²) in [6.07, 6.45) is 1.66. The van der Waals surface area contributed by atoms with E-state index in [1.165, 1.54) is 0 Å². The number of carbonyl (C=O) groups is 2. The van der Waals surface area contributed by atoms with E-state index in [4.69, 9.17) is 4.74 Å². The maximum atomic E-state index is 12.4. The molecule has 25 heavy (non-hydrogen) atoms. The molecule has 1 fully saturated rings. The molecule has 0 heterocycles. The Kier molecular flexibility index (Phi) is 5.61. The molecular weight excluding hydrogens is 314 g/mol. The van der Waals surface area contributed by atoms with E-state index in [2.05, 4.69) is 0 Å². The van der Waals surface area contributed by atoms with Crippen LogP contribution in [0.1, 0.15) is 30.9 Å². The van der Waals surface area contributed by atoms with Gasteiger partial charge in [0.25, 0.3) is 0 Å². The molecule has 2 aromatic rings. The second kappa shape index (κ2) is 8.08. The number of benzene rings is 2. The normalized spacial score (nSPS) is 15.0. The molecule has 0 aromatic heterocycles. The topological polar surface area (TPSA) is 46.6 Å². The third-order valence-corrected chi connectivity index (χ3v) is 4.46. The molecule has 0 spiro atoms. The maximum Gasteiger partial charge on any atom is 0.330 e. The zero-order valence-corrected chi connectivity index (χ0v) is 14.4. The van der Waals surface area contributed by atoms with Crippen molar-refractivity contribution in [1.29, 1.82) is 0 Å². The van der Waals surface area contributed by atoms with Crippen LogP contribution in [0.4, 0.5) is 0 Å². The average molecular weight is 337 g/mol. The molecule has 130 valence electrons. The predicted molar refractivity (Wildman–Crippen MR) is 95.4 cm³/mol. The molecule has 0 radical (unpaired) electrons. The number of esters is 2. The number of hydrogen-bond donors (Lipinski definition) is 0. The van der Waals surface area contributed by atoms with Gasteiger partial charge in [-0.05, 0) is 30.9 Å². The third kappa shape index (κ3) is 5.00. The maximum absolute atomic E-state index is 12.4. The van der Waals surface area contributed by atoms with E-state index in [-0.39, 0.29) is 11.9 Å². The van der Waals surface area contributed by atoms with Crippen molar-refractivity contribution >= 4 is 11.9 Å². The average Bonchev–Trinajstić information content (AvgIpc) is 3.47. The summed E-state index contributed by atoms with van der Waals surface area (Å²) in [4.78, 5) is 26.3. The molecule has 0 N–H and O–H groups in total. The Labute approximate surface area is 148 Å². The van der Waals surface area contributed by atoms with Crippen LogP contribution >= 0.6 is 0 Å². The van der Waals surface area contributed by atoms with E-state index < -0.39 is 12.0 Å². The second-order valence-corrected chi connectivity index (χ2v) is 6.57. The summed E-state index contributed by atoms with van der Waals surface area (Å²) in [5, 5.41) is 0. The first-order valence-corrected chi connectivity index (χ1v) is 8.71. The van der Waals surface area contributed by atoms with Crippen molar-refractivity contribution in [2.24, 2.45) is 5.92 Å². The van der Waals surface area contributed by atoms with Gasteiger partial charge >= 0.3 is 11.9 Å². The van der Waals surface area contributed by atoms with Crippen LogP contribution in [0, 0.1) is 5.92 Å². The standard InChI is InChI=1S/C21H23NO3/c1-16(20(23)25-21(24)19-12-13-19)22(14-17-8-4-2-5-9-17)15-18-10-6-3-7-11-18/h2-11,16,19H,12-15H2,1H3. The lowest BCUT2D eigenvalue weighted by Crippen LogP contribution is -2.40. The van der Waals surface area contributed by atoms with Crippen molar-refractivity contribution in [2.45, 2.75) is 38.9 Å². The van der Waals surface area contributed by atoms with E-state index >= 15 is 0 Å². The lowest BCUT2D eigenvalue weighted by Gasteiger charge is -2.27. The van der Waals surface area contributed by atoms with Crippen LogP contribution in [-0.4, -0.2) is 22.9 Å². The molecule has 2 aromatic carbocycles. The number of hydrogen-bond acceptors (Lipinski definition) is 4. The number of carbonyl (C=O) groups excluding carboxylic acids is 2. The first-order chi connectivity index (χ1) is 12.1. The molecule has 3 rings (SSSR count). The van der Waals surface area contributed by atoms with Gasteiger partial charge in [-0.2, -0.15) is 0 Å². The first kappa shape index (κ1) is 17.4. The van der Waals surface area contributed by atoms with Crippen molar-refractivity contribution in [3.05, 3.63) is 71.8 Å².